The zero-order chi connectivity index (χ0) is 22.5. The lowest BCUT2D eigenvalue weighted by Crippen LogP contribution is -2.17. The first-order valence-corrected chi connectivity index (χ1v) is 9.31. The first-order chi connectivity index (χ1) is 14.7. The maximum atomic E-state index is 12.2. The molecule has 1 heterocycles. The molecule has 0 saturated heterocycles. The van der Waals surface area contributed by atoms with Gasteiger partial charge in [-0.15, -0.1) is 0 Å². The topological polar surface area (TPSA) is 127 Å². The molecule has 2 N–H and O–H groups in total. The predicted octanol–water partition coefficient (Wildman–Crippen LogP) is 4.19. The molecule has 9 nitrogen and oxygen atoms in total. The van der Waals surface area contributed by atoms with Crippen molar-refractivity contribution in [3.63, 3.8) is 0 Å². The van der Waals surface area contributed by atoms with Gasteiger partial charge in [-0.25, -0.2) is 5.43 Å². The Labute approximate surface area is 177 Å². The summed E-state index contributed by atoms with van der Waals surface area (Å²) in [7, 11) is 0. The molecule has 0 fully saturated rings. The Morgan fingerprint density at radius 1 is 1.10 bits per heavy atom. The average molecular weight is 420 g/mol. The summed E-state index contributed by atoms with van der Waals surface area (Å²) in [4.78, 5) is 34.0. The van der Waals surface area contributed by atoms with E-state index in [0.29, 0.717) is 33.9 Å². The fraction of sp³-hybridized carbons (Fsp3) is 0.136. The van der Waals surface area contributed by atoms with Crippen molar-refractivity contribution in [3.8, 4) is 11.3 Å². The zero-order valence-electron chi connectivity index (χ0n) is 17.1. The van der Waals surface area contributed by atoms with Crippen molar-refractivity contribution >= 4 is 29.4 Å². The summed E-state index contributed by atoms with van der Waals surface area (Å²) in [6.45, 7) is 4.90. The molecule has 9 heteroatoms. The lowest BCUT2D eigenvalue weighted by molar-refractivity contribution is -0.385. The van der Waals surface area contributed by atoms with Crippen molar-refractivity contribution in [2.75, 3.05) is 5.32 Å². The fourth-order valence-electron chi connectivity index (χ4n) is 2.88. The number of aryl methyl sites for hydroxylation is 1. The van der Waals surface area contributed by atoms with Crippen LogP contribution >= 0.6 is 0 Å². The first-order valence-electron chi connectivity index (χ1n) is 9.31. The highest BCUT2D eigenvalue weighted by atomic mass is 16.6. The quantitative estimate of drug-likeness (QED) is 0.351. The number of hydrogen-bond acceptors (Lipinski definition) is 6. The second-order valence-electron chi connectivity index (χ2n) is 6.85. The molecule has 2 aromatic carbocycles. The van der Waals surface area contributed by atoms with Gasteiger partial charge >= 0.3 is 0 Å². The zero-order valence-corrected chi connectivity index (χ0v) is 17.1. The minimum absolute atomic E-state index is 0.0263. The van der Waals surface area contributed by atoms with Gasteiger partial charge in [-0.3, -0.25) is 19.7 Å². The Hall–Kier alpha value is -4.27. The van der Waals surface area contributed by atoms with Crippen molar-refractivity contribution in [1.29, 1.82) is 0 Å². The summed E-state index contributed by atoms with van der Waals surface area (Å²) in [5.41, 5.74) is 5.34. The van der Waals surface area contributed by atoms with Crippen LogP contribution in [0.1, 0.15) is 34.2 Å². The van der Waals surface area contributed by atoms with E-state index in [1.807, 2.05) is 6.07 Å². The molecule has 0 bridgehead atoms. The monoisotopic (exact) mass is 420 g/mol. The molecule has 1 aromatic heterocycles. The Morgan fingerprint density at radius 3 is 2.45 bits per heavy atom. The van der Waals surface area contributed by atoms with Crippen molar-refractivity contribution < 1.29 is 18.9 Å². The number of hydrazone groups is 1. The Balaban J connectivity index is 1.68. The average Bonchev–Trinajstić information content (AvgIpc) is 3.18. The van der Waals surface area contributed by atoms with E-state index >= 15 is 0 Å². The van der Waals surface area contributed by atoms with Gasteiger partial charge in [0.25, 0.3) is 11.6 Å². The number of nitrogens with one attached hydrogen (secondary N) is 2. The van der Waals surface area contributed by atoms with E-state index in [9.17, 15) is 19.7 Å². The maximum Gasteiger partial charge on any atom is 0.273 e. The minimum Gasteiger partial charge on any atom is -0.455 e. The van der Waals surface area contributed by atoms with Crippen LogP contribution in [-0.2, 0) is 4.79 Å². The number of rotatable bonds is 6. The lowest BCUT2D eigenvalue weighted by atomic mass is 10.0. The first kappa shape index (κ1) is 21.4. The summed E-state index contributed by atoms with van der Waals surface area (Å²) < 4.78 is 5.68. The van der Waals surface area contributed by atoms with Gasteiger partial charge < -0.3 is 9.73 Å². The van der Waals surface area contributed by atoms with Gasteiger partial charge in [0.1, 0.15) is 11.5 Å². The van der Waals surface area contributed by atoms with E-state index < -0.39 is 10.8 Å². The van der Waals surface area contributed by atoms with Crippen molar-refractivity contribution in [3.05, 3.63) is 81.1 Å². The molecule has 0 aliphatic carbocycles. The summed E-state index contributed by atoms with van der Waals surface area (Å²) in [5.74, 6) is 0.196. The van der Waals surface area contributed by atoms with Crippen LogP contribution in [0, 0.1) is 24.0 Å². The summed E-state index contributed by atoms with van der Waals surface area (Å²) in [6.07, 6.45) is 1.34. The summed E-state index contributed by atoms with van der Waals surface area (Å²) >= 11 is 0. The third-order valence-corrected chi connectivity index (χ3v) is 4.57. The Bertz CT molecular complexity index is 1180. The van der Waals surface area contributed by atoms with Gasteiger partial charge in [-0.2, -0.15) is 5.10 Å². The van der Waals surface area contributed by atoms with Crippen LogP contribution in [0.3, 0.4) is 0 Å². The normalized spacial score (nSPS) is 10.8. The van der Waals surface area contributed by atoms with E-state index in [4.69, 9.17) is 4.42 Å². The predicted molar refractivity (Wildman–Crippen MR) is 116 cm³/mol. The van der Waals surface area contributed by atoms with Crippen molar-refractivity contribution in [2.24, 2.45) is 5.10 Å². The standard InChI is InChI=1S/C22H20N4O5/c1-13-10-17(11-20(14(13)2)26(29)30)21-9-8-19(31-21)12-23-25-22(28)16-4-6-18(7-5-16)24-15(3)27/h4-12H,1-3H3,(H,24,27)(H,25,28)/b23-12-. The molecule has 0 atom stereocenters. The van der Waals surface area contributed by atoms with Gasteiger partial charge in [0.15, 0.2) is 0 Å². The third-order valence-electron chi connectivity index (χ3n) is 4.57. The number of hydrogen-bond donors (Lipinski definition) is 2. The van der Waals surface area contributed by atoms with Crippen LogP contribution in [0.25, 0.3) is 11.3 Å². The van der Waals surface area contributed by atoms with Crippen LogP contribution in [-0.4, -0.2) is 23.0 Å². The minimum atomic E-state index is -0.429. The third kappa shape index (κ3) is 5.21. The van der Waals surface area contributed by atoms with E-state index in [-0.39, 0.29) is 11.6 Å². The van der Waals surface area contributed by atoms with Gasteiger partial charge in [0, 0.05) is 35.4 Å². The lowest BCUT2D eigenvalue weighted by Gasteiger charge is -2.04. The molecule has 0 radical (unpaired) electrons. The van der Waals surface area contributed by atoms with E-state index in [2.05, 4.69) is 15.8 Å². The van der Waals surface area contributed by atoms with Crippen LogP contribution in [0.5, 0.6) is 0 Å². The van der Waals surface area contributed by atoms with Crippen LogP contribution < -0.4 is 10.7 Å². The smallest absolute Gasteiger partial charge is 0.273 e. The highest BCUT2D eigenvalue weighted by Crippen LogP contribution is 2.30. The van der Waals surface area contributed by atoms with Gasteiger partial charge in [0.2, 0.25) is 5.91 Å². The fourth-order valence-corrected chi connectivity index (χ4v) is 2.88. The highest BCUT2D eigenvalue weighted by molar-refractivity contribution is 5.96. The number of nitro benzene ring substituents is 1. The van der Waals surface area contributed by atoms with Crippen molar-refractivity contribution in [2.45, 2.75) is 20.8 Å². The number of nitro groups is 1. The molecule has 3 rings (SSSR count). The van der Waals surface area contributed by atoms with Gasteiger partial charge in [0.05, 0.1) is 11.1 Å². The number of furan rings is 1. The number of carbonyl (C=O) groups is 2. The second kappa shape index (κ2) is 9.04. The Kier molecular flexibility index (Phi) is 6.25. The van der Waals surface area contributed by atoms with Crippen LogP contribution in [0.2, 0.25) is 0 Å². The number of amides is 2. The molecule has 0 unspecified atom stereocenters. The number of nitrogens with zero attached hydrogens (tertiary/aromatic N) is 2. The molecule has 0 saturated carbocycles. The molecule has 158 valence electrons. The molecule has 3 aromatic rings. The van der Waals surface area contributed by atoms with E-state index in [0.717, 1.165) is 5.56 Å². The summed E-state index contributed by atoms with van der Waals surface area (Å²) in [6, 6.07) is 13.0. The SMILES string of the molecule is CC(=O)Nc1ccc(C(=O)N/N=C\c2ccc(-c3cc(C)c(C)c([N+](=O)[O-])c3)o2)cc1. The van der Waals surface area contributed by atoms with Crippen LogP contribution in [0.15, 0.2) is 58.0 Å². The molecule has 31 heavy (non-hydrogen) atoms. The van der Waals surface area contributed by atoms with Crippen molar-refractivity contribution in [1.82, 2.24) is 5.43 Å². The number of benzene rings is 2. The number of anilines is 1. The molecule has 0 aliphatic rings. The largest absolute Gasteiger partial charge is 0.455 e. The van der Waals surface area contributed by atoms with Gasteiger partial charge in [-0.05, 0) is 61.9 Å². The molecule has 0 spiro atoms. The molecular weight excluding hydrogens is 400 g/mol. The molecule has 2 amide bonds. The summed E-state index contributed by atoms with van der Waals surface area (Å²) in [5, 5.41) is 17.7. The second-order valence-corrected chi connectivity index (χ2v) is 6.85. The number of carbonyl (C=O) groups excluding carboxylic acids is 2. The van der Waals surface area contributed by atoms with E-state index in [1.54, 1.807) is 50.2 Å². The Morgan fingerprint density at radius 2 is 1.81 bits per heavy atom. The molecular formula is C22H20N4O5. The maximum absolute atomic E-state index is 12.2. The van der Waals surface area contributed by atoms with E-state index in [1.165, 1.54) is 19.2 Å². The molecule has 0 aliphatic heterocycles. The van der Waals surface area contributed by atoms with Crippen LogP contribution in [0.4, 0.5) is 11.4 Å². The highest BCUT2D eigenvalue weighted by Gasteiger charge is 2.16. The van der Waals surface area contributed by atoms with Gasteiger partial charge in [-0.1, -0.05) is 0 Å².